The Hall–Kier alpha value is -4.14. The first kappa shape index (κ1) is 32.8. The quantitative estimate of drug-likeness (QED) is 0.197. The molecule has 5 rings (SSSR count). The maximum atomic E-state index is 14.3. The average molecular weight is 627 g/mol. The first-order valence-corrected chi connectivity index (χ1v) is 14.9. The molecule has 234 valence electrons. The van der Waals surface area contributed by atoms with Crippen LogP contribution in [0.5, 0.6) is 0 Å². The Kier molecular flexibility index (Phi) is 11.6. The number of amides is 1. The molecule has 1 aromatic carbocycles. The summed E-state index contributed by atoms with van der Waals surface area (Å²) in [5.74, 6) is -0.0873. The molecule has 0 radical (unpaired) electrons. The van der Waals surface area contributed by atoms with Crippen LogP contribution in [-0.4, -0.2) is 76.6 Å². The van der Waals surface area contributed by atoms with Crippen molar-refractivity contribution in [3.05, 3.63) is 77.1 Å². The van der Waals surface area contributed by atoms with E-state index in [9.17, 15) is 13.1 Å². The maximum absolute atomic E-state index is 14.3. The van der Waals surface area contributed by atoms with Crippen LogP contribution >= 0.6 is 12.3 Å². The highest BCUT2D eigenvalue weighted by Gasteiger charge is 2.22. The molecule has 0 aliphatic carbocycles. The van der Waals surface area contributed by atoms with Crippen molar-refractivity contribution in [2.75, 3.05) is 50.2 Å². The van der Waals surface area contributed by atoms with Crippen LogP contribution in [-0.2, 0) is 16.0 Å². The van der Waals surface area contributed by atoms with Gasteiger partial charge in [-0.2, -0.15) is 0 Å². The monoisotopic (exact) mass is 626 g/mol. The van der Waals surface area contributed by atoms with Crippen molar-refractivity contribution in [2.45, 2.75) is 33.4 Å². The number of nitrogens with zero attached hydrogens (tertiary/aromatic N) is 5. The normalized spacial score (nSPS) is 13.6. The largest absolute Gasteiger partial charge is 0.383 e. The van der Waals surface area contributed by atoms with Gasteiger partial charge in [0.1, 0.15) is 22.8 Å². The SMILES string of the molecule is CC.COCC(C)NC(=O)c1cn(SF)c2ncc(C(=N)c3ccc(F)cc3NCc3ccc(N4CCOCC4)nc3)nc12. The lowest BCUT2D eigenvalue weighted by molar-refractivity contribution is 0.0907. The molecule has 44 heavy (non-hydrogen) atoms. The molecule has 3 aromatic heterocycles. The Morgan fingerprint density at radius 3 is 2.61 bits per heavy atom. The number of carbonyl (C=O) groups excluding carboxylic acids is 1. The lowest BCUT2D eigenvalue weighted by atomic mass is 10.0. The highest BCUT2D eigenvalue weighted by molar-refractivity contribution is 7.92. The van der Waals surface area contributed by atoms with Crippen LogP contribution in [0.25, 0.3) is 11.2 Å². The smallest absolute Gasteiger partial charge is 0.255 e. The van der Waals surface area contributed by atoms with Gasteiger partial charge in [0.15, 0.2) is 18.0 Å². The van der Waals surface area contributed by atoms with Gasteiger partial charge >= 0.3 is 0 Å². The van der Waals surface area contributed by atoms with Gasteiger partial charge in [-0.3, -0.25) is 10.2 Å². The second-order valence-electron chi connectivity index (χ2n) is 9.74. The van der Waals surface area contributed by atoms with E-state index in [4.69, 9.17) is 14.9 Å². The van der Waals surface area contributed by atoms with Gasteiger partial charge < -0.3 is 25.0 Å². The number of aromatic nitrogens is 4. The Morgan fingerprint density at radius 1 is 1.16 bits per heavy atom. The second-order valence-corrected chi connectivity index (χ2v) is 10.3. The number of halogens is 2. The highest BCUT2D eigenvalue weighted by atomic mass is 32.2. The summed E-state index contributed by atoms with van der Waals surface area (Å²) in [6.45, 7) is 9.30. The van der Waals surface area contributed by atoms with Crippen LogP contribution in [0, 0.1) is 11.2 Å². The van der Waals surface area contributed by atoms with Crippen molar-refractivity contribution in [3.8, 4) is 0 Å². The summed E-state index contributed by atoms with van der Waals surface area (Å²) < 4.78 is 39.5. The van der Waals surface area contributed by atoms with Gasteiger partial charge in [0.05, 0.1) is 37.3 Å². The van der Waals surface area contributed by atoms with E-state index in [0.717, 1.165) is 28.4 Å². The maximum Gasteiger partial charge on any atom is 0.255 e. The van der Waals surface area contributed by atoms with Crippen LogP contribution in [0.4, 0.5) is 19.8 Å². The minimum Gasteiger partial charge on any atom is -0.383 e. The zero-order valence-corrected chi connectivity index (χ0v) is 25.9. The molecule has 1 aliphatic rings. The van der Waals surface area contributed by atoms with Gasteiger partial charge in [-0.05, 0) is 36.8 Å². The molecular weight excluding hydrogens is 590 g/mol. The summed E-state index contributed by atoms with van der Waals surface area (Å²) in [6, 6.07) is 7.62. The number of rotatable bonds is 11. The summed E-state index contributed by atoms with van der Waals surface area (Å²) in [6.07, 6.45) is 4.39. The van der Waals surface area contributed by atoms with Gasteiger partial charge in [-0.15, -0.1) is 3.89 Å². The van der Waals surface area contributed by atoms with E-state index in [1.807, 2.05) is 26.0 Å². The molecule has 1 fully saturated rings. The number of hydrogen-bond donors (Lipinski definition) is 3. The first-order chi connectivity index (χ1) is 21.4. The number of nitrogens with one attached hydrogen (secondary N) is 3. The molecule has 0 spiro atoms. The Bertz CT molecular complexity index is 1580. The summed E-state index contributed by atoms with van der Waals surface area (Å²) in [7, 11) is 1.52. The highest BCUT2D eigenvalue weighted by Crippen LogP contribution is 2.26. The molecule has 0 bridgehead atoms. The molecule has 11 nitrogen and oxygen atoms in total. The van der Waals surface area contributed by atoms with Crippen molar-refractivity contribution >= 4 is 46.6 Å². The van der Waals surface area contributed by atoms with Crippen LogP contribution < -0.4 is 15.5 Å². The van der Waals surface area contributed by atoms with Crippen molar-refractivity contribution in [3.63, 3.8) is 0 Å². The number of ether oxygens (including phenoxy) is 2. The predicted octanol–water partition coefficient (Wildman–Crippen LogP) is 5.00. The number of hydrogen-bond acceptors (Lipinski definition) is 10. The number of methoxy groups -OCH3 is 1. The third-order valence-corrected chi connectivity index (χ3v) is 7.14. The Labute approximate surface area is 259 Å². The van der Waals surface area contributed by atoms with E-state index in [-0.39, 0.29) is 53.1 Å². The van der Waals surface area contributed by atoms with E-state index in [0.29, 0.717) is 31.0 Å². The average Bonchev–Trinajstić information content (AvgIpc) is 3.43. The van der Waals surface area contributed by atoms with Crippen LogP contribution in [0.3, 0.4) is 0 Å². The van der Waals surface area contributed by atoms with Crippen molar-refractivity contribution in [1.29, 1.82) is 5.41 Å². The van der Waals surface area contributed by atoms with Crippen molar-refractivity contribution in [2.24, 2.45) is 0 Å². The van der Waals surface area contributed by atoms with Gasteiger partial charge in [0.25, 0.3) is 5.91 Å². The van der Waals surface area contributed by atoms with E-state index in [1.54, 1.807) is 13.1 Å². The molecular formula is C30H36F2N8O3S. The molecule has 3 N–H and O–H groups in total. The number of benzene rings is 1. The summed E-state index contributed by atoms with van der Waals surface area (Å²) >= 11 is -0.116. The molecule has 14 heteroatoms. The van der Waals surface area contributed by atoms with Gasteiger partial charge in [0, 0.05) is 56.4 Å². The number of fused-ring (bicyclic) bond motifs is 1. The predicted molar refractivity (Wildman–Crippen MR) is 169 cm³/mol. The van der Waals surface area contributed by atoms with Gasteiger partial charge in [0.2, 0.25) is 0 Å². The van der Waals surface area contributed by atoms with Crippen LogP contribution in [0.15, 0.2) is 48.9 Å². The van der Waals surface area contributed by atoms with E-state index in [2.05, 4.69) is 30.5 Å². The second kappa shape index (κ2) is 15.5. The molecule has 1 atom stereocenters. The Morgan fingerprint density at radius 2 is 1.93 bits per heavy atom. The first-order valence-electron chi connectivity index (χ1n) is 14.2. The standard InChI is InChI=1S/C28H30F2N8O3S.C2H6/c1-17(16-40-2)35-28(39)21-15-38(42-30)27-26(21)36-23(14-34-27)25(31)20-5-4-19(29)11-22(20)32-12-18-3-6-24(33-13-18)37-7-9-41-10-8-37;1-2/h3-6,11,13-15,17,31-32H,7-10,12,16H2,1-2H3,(H,35,39);1-2H3. The lowest BCUT2D eigenvalue weighted by Gasteiger charge is -2.27. The number of anilines is 2. The van der Waals surface area contributed by atoms with Crippen molar-refractivity contribution < 1.29 is 22.5 Å². The van der Waals surface area contributed by atoms with Gasteiger partial charge in [-0.25, -0.2) is 23.3 Å². The molecule has 1 unspecified atom stereocenters. The topological polar surface area (TPSA) is 130 Å². The van der Waals surface area contributed by atoms with E-state index in [1.165, 1.54) is 37.7 Å². The molecule has 1 aliphatic heterocycles. The summed E-state index contributed by atoms with van der Waals surface area (Å²) in [5, 5.41) is 14.9. The Balaban J connectivity index is 0.00000216. The van der Waals surface area contributed by atoms with Crippen molar-refractivity contribution in [1.82, 2.24) is 24.2 Å². The van der Waals surface area contributed by atoms with Crippen LogP contribution in [0.2, 0.25) is 0 Å². The lowest BCUT2D eigenvalue weighted by Crippen LogP contribution is -2.36. The molecule has 4 aromatic rings. The molecule has 1 saturated heterocycles. The summed E-state index contributed by atoms with van der Waals surface area (Å²) in [4.78, 5) is 28.4. The van der Waals surface area contributed by atoms with Gasteiger partial charge in [-0.1, -0.05) is 19.9 Å². The minimum absolute atomic E-state index is 0.0487. The zero-order chi connectivity index (χ0) is 31.6. The number of morpholine rings is 1. The fourth-order valence-electron chi connectivity index (χ4n) is 4.61. The minimum atomic E-state index is -0.479. The number of carbonyl (C=O) groups is 1. The fraction of sp³-hybridized carbons (Fsp3) is 0.367. The van der Waals surface area contributed by atoms with E-state index < -0.39 is 11.7 Å². The molecule has 4 heterocycles. The third kappa shape index (κ3) is 7.68. The fourth-order valence-corrected chi connectivity index (χ4v) is 4.96. The molecule has 1 amide bonds. The van der Waals surface area contributed by atoms with E-state index >= 15 is 0 Å². The number of pyridine rings is 1. The zero-order valence-electron chi connectivity index (χ0n) is 25.1. The third-order valence-electron chi connectivity index (χ3n) is 6.71. The summed E-state index contributed by atoms with van der Waals surface area (Å²) in [5.41, 5.74) is 2.08. The molecule has 0 saturated carbocycles. The van der Waals surface area contributed by atoms with Crippen LogP contribution in [0.1, 0.15) is 48.0 Å².